The smallest absolute Gasteiger partial charge is 0.275 e. The zero-order valence-electron chi connectivity index (χ0n) is 7.56. The van der Waals surface area contributed by atoms with Crippen LogP contribution in [0.3, 0.4) is 0 Å². The Morgan fingerprint density at radius 1 is 1.38 bits per heavy atom. The Hall–Kier alpha value is -1.71. The van der Waals surface area contributed by atoms with Gasteiger partial charge in [-0.2, -0.15) is 0 Å². The van der Waals surface area contributed by atoms with Crippen molar-refractivity contribution in [2.75, 3.05) is 0 Å². The number of nitro groups is 1. The molecule has 0 spiro atoms. The van der Waals surface area contributed by atoms with Crippen molar-refractivity contribution < 1.29 is 9.72 Å². The summed E-state index contributed by atoms with van der Waals surface area (Å²) < 4.78 is 0. The molecule has 13 heavy (non-hydrogen) atoms. The van der Waals surface area contributed by atoms with Crippen LogP contribution < -0.4 is 0 Å². The number of allylic oxidation sites excluding steroid dienone is 5. The van der Waals surface area contributed by atoms with Crippen LogP contribution in [0.2, 0.25) is 0 Å². The minimum atomic E-state index is -0.580. The number of carbonyl (C=O) groups excluding carboxylic acids is 1. The first-order chi connectivity index (χ1) is 6.17. The van der Waals surface area contributed by atoms with Gasteiger partial charge in [-0.25, -0.2) is 0 Å². The highest BCUT2D eigenvalue weighted by atomic mass is 16.6. The van der Waals surface area contributed by atoms with E-state index in [-0.39, 0.29) is 11.3 Å². The molecule has 0 rings (SSSR count). The van der Waals surface area contributed by atoms with Crippen molar-refractivity contribution in [3.8, 4) is 0 Å². The van der Waals surface area contributed by atoms with Crippen LogP contribution in [-0.4, -0.2) is 11.2 Å². The summed E-state index contributed by atoms with van der Waals surface area (Å²) >= 11 is 0. The van der Waals surface area contributed by atoms with Crippen molar-refractivity contribution in [2.24, 2.45) is 0 Å². The van der Waals surface area contributed by atoms with E-state index < -0.39 is 4.92 Å². The van der Waals surface area contributed by atoms with Crippen LogP contribution in [0.1, 0.15) is 13.8 Å². The maximum absolute atomic E-state index is 10.5. The van der Waals surface area contributed by atoms with E-state index in [0.717, 1.165) is 0 Å². The second kappa shape index (κ2) is 5.88. The molecule has 0 unspecified atom stereocenters. The lowest BCUT2D eigenvalue weighted by molar-refractivity contribution is -0.420. The summed E-state index contributed by atoms with van der Waals surface area (Å²) in [5.41, 5.74) is -0.0984. The molecule has 0 aliphatic heterocycles. The third kappa shape index (κ3) is 3.46. The van der Waals surface area contributed by atoms with Crippen LogP contribution in [0, 0.1) is 10.1 Å². The zero-order valence-corrected chi connectivity index (χ0v) is 7.56. The molecule has 0 amide bonds. The van der Waals surface area contributed by atoms with Crippen molar-refractivity contribution >= 4 is 6.29 Å². The molecule has 0 saturated heterocycles. The molecule has 4 nitrogen and oxygen atoms in total. The number of hydrogen-bond acceptors (Lipinski definition) is 3. The first-order valence-electron chi connectivity index (χ1n) is 3.76. The van der Waals surface area contributed by atoms with Crippen LogP contribution >= 0.6 is 0 Å². The van der Waals surface area contributed by atoms with Crippen molar-refractivity contribution in [1.29, 1.82) is 0 Å². The summed E-state index contributed by atoms with van der Waals surface area (Å²) in [6.07, 6.45) is 6.44. The molecule has 0 aromatic carbocycles. The van der Waals surface area contributed by atoms with E-state index in [2.05, 4.69) is 0 Å². The highest BCUT2D eigenvalue weighted by molar-refractivity contribution is 5.79. The molecule has 0 fully saturated rings. The van der Waals surface area contributed by atoms with Gasteiger partial charge >= 0.3 is 0 Å². The monoisotopic (exact) mass is 181 g/mol. The summed E-state index contributed by atoms with van der Waals surface area (Å²) in [5.74, 6) is 0. The van der Waals surface area contributed by atoms with E-state index in [1.807, 2.05) is 0 Å². The largest absolute Gasteiger partial charge is 0.298 e. The van der Waals surface area contributed by atoms with Crippen molar-refractivity contribution in [3.63, 3.8) is 0 Å². The topological polar surface area (TPSA) is 60.2 Å². The first kappa shape index (κ1) is 11.3. The molecular formula is C9H11NO3. The minimum absolute atomic E-state index is 0.0746. The van der Waals surface area contributed by atoms with Crippen LogP contribution in [0.4, 0.5) is 0 Å². The van der Waals surface area contributed by atoms with Gasteiger partial charge in [-0.3, -0.25) is 14.9 Å². The molecule has 0 aromatic rings. The lowest BCUT2D eigenvalue weighted by atomic mass is 10.2. The normalized spacial score (nSPS) is 13.4. The van der Waals surface area contributed by atoms with E-state index in [4.69, 9.17) is 0 Å². The summed E-state index contributed by atoms with van der Waals surface area (Å²) in [5, 5.41) is 10.4. The Kier molecular flexibility index (Phi) is 5.11. The van der Waals surface area contributed by atoms with E-state index in [1.54, 1.807) is 19.1 Å². The van der Waals surface area contributed by atoms with E-state index in [9.17, 15) is 14.9 Å². The van der Waals surface area contributed by atoms with Gasteiger partial charge in [0.2, 0.25) is 0 Å². The molecule has 0 saturated carbocycles. The van der Waals surface area contributed by atoms with Gasteiger partial charge in [0.15, 0.2) is 6.29 Å². The molecular weight excluding hydrogens is 170 g/mol. The lowest BCUT2D eigenvalue weighted by Gasteiger charge is -1.93. The quantitative estimate of drug-likeness (QED) is 0.219. The lowest BCUT2D eigenvalue weighted by Crippen LogP contribution is -2.02. The zero-order chi connectivity index (χ0) is 10.3. The fraction of sp³-hybridized carbons (Fsp3) is 0.222. The highest BCUT2D eigenvalue weighted by Crippen LogP contribution is 2.07. The SMILES string of the molecule is C\C=C/C=C(C=O)\C(=C/C)[N+](=O)[O-]. The van der Waals surface area contributed by atoms with E-state index in [1.165, 1.54) is 19.1 Å². The number of aldehydes is 1. The first-order valence-corrected chi connectivity index (χ1v) is 3.76. The average molecular weight is 181 g/mol. The Balaban J connectivity index is 4.96. The molecule has 0 heterocycles. The molecule has 70 valence electrons. The molecule has 0 atom stereocenters. The predicted molar refractivity (Wildman–Crippen MR) is 49.7 cm³/mol. The average Bonchev–Trinajstić information content (AvgIpc) is 2.11. The summed E-state index contributed by atoms with van der Waals surface area (Å²) in [6, 6.07) is 0. The second-order valence-corrected chi connectivity index (χ2v) is 2.20. The van der Waals surface area contributed by atoms with Crippen molar-refractivity contribution in [2.45, 2.75) is 13.8 Å². The Labute approximate surface area is 76.4 Å². The maximum atomic E-state index is 10.5. The standard InChI is InChI=1S/C9H11NO3/c1-3-5-6-8(7-11)9(4-2)10(12)13/h3-7H,1-2H3/b5-3-,8-6-,9-4+. The van der Waals surface area contributed by atoms with Crippen molar-refractivity contribution in [1.82, 2.24) is 0 Å². The van der Waals surface area contributed by atoms with Crippen molar-refractivity contribution in [3.05, 3.63) is 45.7 Å². The number of nitrogens with zero attached hydrogens (tertiary/aromatic N) is 1. The van der Waals surface area contributed by atoms with Crippen LogP contribution in [0.25, 0.3) is 0 Å². The highest BCUT2D eigenvalue weighted by Gasteiger charge is 2.13. The van der Waals surface area contributed by atoms with Gasteiger partial charge in [-0.05, 0) is 26.0 Å². The summed E-state index contributed by atoms with van der Waals surface area (Å²) in [6.45, 7) is 3.28. The number of rotatable bonds is 4. The summed E-state index contributed by atoms with van der Waals surface area (Å²) in [7, 11) is 0. The number of hydrogen-bond donors (Lipinski definition) is 0. The molecule has 0 N–H and O–H groups in total. The Morgan fingerprint density at radius 3 is 2.31 bits per heavy atom. The third-order valence-corrected chi connectivity index (χ3v) is 1.36. The number of carbonyl (C=O) groups is 1. The minimum Gasteiger partial charge on any atom is -0.298 e. The molecule has 0 bridgehead atoms. The van der Waals surface area contributed by atoms with Crippen LogP contribution in [-0.2, 0) is 4.79 Å². The van der Waals surface area contributed by atoms with Crippen LogP contribution in [0.5, 0.6) is 0 Å². The molecule has 4 heteroatoms. The van der Waals surface area contributed by atoms with E-state index in [0.29, 0.717) is 6.29 Å². The predicted octanol–water partition coefficient (Wildman–Crippen LogP) is 1.87. The molecule has 0 radical (unpaired) electrons. The Bertz CT molecular complexity index is 287. The fourth-order valence-corrected chi connectivity index (χ4v) is 0.762. The molecule has 0 aliphatic rings. The molecule has 0 aromatic heterocycles. The van der Waals surface area contributed by atoms with Crippen LogP contribution in [0.15, 0.2) is 35.6 Å². The Morgan fingerprint density at radius 2 is 2.00 bits per heavy atom. The van der Waals surface area contributed by atoms with Gasteiger partial charge in [0.25, 0.3) is 5.70 Å². The second-order valence-electron chi connectivity index (χ2n) is 2.20. The van der Waals surface area contributed by atoms with E-state index >= 15 is 0 Å². The fourth-order valence-electron chi connectivity index (χ4n) is 0.762. The van der Waals surface area contributed by atoms with Gasteiger partial charge in [-0.1, -0.05) is 12.2 Å². The van der Waals surface area contributed by atoms with Gasteiger partial charge in [0.05, 0.1) is 10.5 Å². The molecule has 0 aliphatic carbocycles. The van der Waals surface area contributed by atoms with Gasteiger partial charge in [0.1, 0.15) is 0 Å². The third-order valence-electron chi connectivity index (χ3n) is 1.36. The van der Waals surface area contributed by atoms with Gasteiger partial charge in [-0.15, -0.1) is 0 Å². The summed E-state index contributed by atoms with van der Waals surface area (Å²) in [4.78, 5) is 20.3. The van der Waals surface area contributed by atoms with Gasteiger partial charge in [0, 0.05) is 0 Å². The van der Waals surface area contributed by atoms with Gasteiger partial charge < -0.3 is 0 Å². The maximum Gasteiger partial charge on any atom is 0.275 e.